The lowest BCUT2D eigenvalue weighted by Gasteiger charge is -2.12. The molecule has 78 valence electrons. The van der Waals surface area contributed by atoms with Crippen molar-refractivity contribution in [2.45, 2.75) is 19.4 Å². The molecule has 0 heterocycles. The van der Waals surface area contributed by atoms with Crippen LogP contribution in [-0.2, 0) is 0 Å². The fraction of sp³-hybridized carbons (Fsp3) is 0.400. The van der Waals surface area contributed by atoms with E-state index in [0.717, 1.165) is 5.69 Å². The lowest BCUT2D eigenvalue weighted by atomic mass is 10.2. The Bertz CT molecular complexity index is 304. The van der Waals surface area contributed by atoms with Crippen molar-refractivity contribution >= 4 is 28.9 Å². The second kappa shape index (κ2) is 5.44. The summed E-state index contributed by atoms with van der Waals surface area (Å²) in [5, 5.41) is 13.4. The van der Waals surface area contributed by atoms with Gasteiger partial charge in [0.1, 0.15) is 0 Å². The maximum absolute atomic E-state index is 9.34. The molecule has 0 saturated carbocycles. The first-order valence-corrected chi connectivity index (χ1v) is 5.26. The first-order chi connectivity index (χ1) is 6.65. The Morgan fingerprint density at radius 1 is 1.43 bits per heavy atom. The highest BCUT2D eigenvalue weighted by atomic mass is 35.5. The minimum Gasteiger partial charge on any atom is -0.391 e. The average molecular weight is 234 g/mol. The molecular formula is C10H13Cl2NO. The fourth-order valence-corrected chi connectivity index (χ4v) is 1.38. The van der Waals surface area contributed by atoms with E-state index in [1.54, 1.807) is 6.07 Å². The third-order valence-corrected chi connectivity index (χ3v) is 2.77. The van der Waals surface area contributed by atoms with Crippen molar-refractivity contribution in [2.75, 3.05) is 11.9 Å². The molecule has 2 nitrogen and oxygen atoms in total. The van der Waals surface area contributed by atoms with Crippen molar-refractivity contribution in [3.8, 4) is 0 Å². The topological polar surface area (TPSA) is 32.3 Å². The maximum Gasteiger partial charge on any atom is 0.0823 e. The van der Waals surface area contributed by atoms with Crippen LogP contribution in [0.1, 0.15) is 13.3 Å². The highest BCUT2D eigenvalue weighted by molar-refractivity contribution is 6.43. The predicted molar refractivity (Wildman–Crippen MR) is 61.2 cm³/mol. The largest absolute Gasteiger partial charge is 0.391 e. The normalized spacial score (nSPS) is 12.6. The van der Waals surface area contributed by atoms with Crippen molar-refractivity contribution < 1.29 is 5.11 Å². The molecular weight excluding hydrogens is 221 g/mol. The molecule has 0 saturated heterocycles. The zero-order valence-electron chi connectivity index (χ0n) is 7.93. The summed E-state index contributed by atoms with van der Waals surface area (Å²) in [5.74, 6) is 0. The predicted octanol–water partition coefficient (Wildman–Crippen LogP) is 3.18. The van der Waals surface area contributed by atoms with Crippen LogP contribution in [0.25, 0.3) is 0 Å². The molecule has 0 aliphatic rings. The maximum atomic E-state index is 9.34. The molecule has 2 N–H and O–H groups in total. The molecule has 1 aromatic rings. The quantitative estimate of drug-likeness (QED) is 0.838. The fourth-order valence-electron chi connectivity index (χ4n) is 1.01. The Balaban J connectivity index is 2.63. The van der Waals surface area contributed by atoms with Crippen LogP contribution in [0.5, 0.6) is 0 Å². The minimum atomic E-state index is -0.356. The number of rotatable bonds is 4. The molecule has 1 atom stereocenters. The van der Waals surface area contributed by atoms with Gasteiger partial charge in [-0.15, -0.1) is 0 Å². The van der Waals surface area contributed by atoms with Gasteiger partial charge in [0.2, 0.25) is 0 Å². The van der Waals surface area contributed by atoms with E-state index in [4.69, 9.17) is 23.2 Å². The molecule has 4 heteroatoms. The zero-order chi connectivity index (χ0) is 10.6. The van der Waals surface area contributed by atoms with Crippen LogP contribution in [0.15, 0.2) is 18.2 Å². The van der Waals surface area contributed by atoms with Crippen molar-refractivity contribution in [1.29, 1.82) is 0 Å². The number of hydrogen-bond donors (Lipinski definition) is 2. The Morgan fingerprint density at radius 2 is 2.14 bits per heavy atom. The first kappa shape index (κ1) is 11.6. The standard InChI is InChI=1S/C10H13Cl2NO/c1-2-7(14)6-13-9-5-3-4-8(11)10(9)12/h3-5,7,13-14H,2,6H2,1H3/t7-/m1/s1. The summed E-state index contributed by atoms with van der Waals surface area (Å²) >= 11 is 11.8. The van der Waals surface area contributed by atoms with Gasteiger partial charge >= 0.3 is 0 Å². The third-order valence-electron chi connectivity index (χ3n) is 1.95. The summed E-state index contributed by atoms with van der Waals surface area (Å²) < 4.78 is 0. The van der Waals surface area contributed by atoms with Crippen molar-refractivity contribution in [1.82, 2.24) is 0 Å². The number of anilines is 1. The van der Waals surface area contributed by atoms with Gasteiger partial charge in [-0.3, -0.25) is 0 Å². The van der Waals surface area contributed by atoms with Crippen LogP contribution in [-0.4, -0.2) is 17.8 Å². The summed E-state index contributed by atoms with van der Waals surface area (Å²) in [6.45, 7) is 2.41. The zero-order valence-corrected chi connectivity index (χ0v) is 9.44. The molecule has 0 amide bonds. The number of halogens is 2. The van der Waals surface area contributed by atoms with E-state index in [1.165, 1.54) is 0 Å². The van der Waals surface area contributed by atoms with Gasteiger partial charge < -0.3 is 10.4 Å². The minimum absolute atomic E-state index is 0.356. The lowest BCUT2D eigenvalue weighted by Crippen LogP contribution is -2.18. The molecule has 1 rings (SSSR count). The van der Waals surface area contributed by atoms with E-state index >= 15 is 0 Å². The Hall–Kier alpha value is -0.440. The third kappa shape index (κ3) is 3.05. The number of aliphatic hydroxyl groups is 1. The SMILES string of the molecule is CC[C@@H](O)CNc1cccc(Cl)c1Cl. The van der Waals surface area contributed by atoms with Gasteiger partial charge in [-0.25, -0.2) is 0 Å². The van der Waals surface area contributed by atoms with E-state index in [1.807, 2.05) is 19.1 Å². The molecule has 0 aromatic heterocycles. The Morgan fingerprint density at radius 3 is 2.79 bits per heavy atom. The number of benzene rings is 1. The van der Waals surface area contributed by atoms with Gasteiger partial charge in [-0.2, -0.15) is 0 Å². The molecule has 0 bridgehead atoms. The molecule has 0 radical (unpaired) electrons. The number of hydrogen-bond acceptors (Lipinski definition) is 2. The smallest absolute Gasteiger partial charge is 0.0823 e. The monoisotopic (exact) mass is 233 g/mol. The molecule has 0 aliphatic heterocycles. The van der Waals surface area contributed by atoms with Gasteiger partial charge in [0.15, 0.2) is 0 Å². The molecule has 14 heavy (non-hydrogen) atoms. The summed E-state index contributed by atoms with van der Waals surface area (Å²) in [7, 11) is 0. The van der Waals surface area contributed by atoms with E-state index in [2.05, 4.69) is 5.32 Å². The summed E-state index contributed by atoms with van der Waals surface area (Å²) in [6.07, 6.45) is 0.357. The van der Waals surface area contributed by atoms with Crippen molar-refractivity contribution in [3.05, 3.63) is 28.2 Å². The molecule has 0 aliphatic carbocycles. The van der Waals surface area contributed by atoms with Gasteiger partial charge in [0.05, 0.1) is 21.8 Å². The Kier molecular flexibility index (Phi) is 4.52. The van der Waals surface area contributed by atoms with Gasteiger partial charge in [-0.1, -0.05) is 36.2 Å². The van der Waals surface area contributed by atoms with Gasteiger partial charge in [0, 0.05) is 6.54 Å². The van der Waals surface area contributed by atoms with Crippen molar-refractivity contribution in [3.63, 3.8) is 0 Å². The molecule has 1 aromatic carbocycles. The lowest BCUT2D eigenvalue weighted by molar-refractivity contribution is 0.183. The average Bonchev–Trinajstić information content (AvgIpc) is 2.20. The van der Waals surface area contributed by atoms with E-state index in [-0.39, 0.29) is 6.10 Å². The van der Waals surface area contributed by atoms with Crippen LogP contribution in [0.2, 0.25) is 10.0 Å². The summed E-state index contributed by atoms with van der Waals surface area (Å²) in [5.41, 5.74) is 0.756. The van der Waals surface area contributed by atoms with E-state index in [9.17, 15) is 5.11 Å². The summed E-state index contributed by atoms with van der Waals surface area (Å²) in [6, 6.07) is 5.37. The van der Waals surface area contributed by atoms with Crippen LogP contribution < -0.4 is 5.32 Å². The van der Waals surface area contributed by atoms with Crippen molar-refractivity contribution in [2.24, 2.45) is 0 Å². The second-order valence-electron chi connectivity index (χ2n) is 3.04. The molecule has 0 spiro atoms. The van der Waals surface area contributed by atoms with E-state index < -0.39 is 0 Å². The van der Waals surface area contributed by atoms with Crippen LogP contribution in [0, 0.1) is 0 Å². The second-order valence-corrected chi connectivity index (χ2v) is 3.83. The highest BCUT2D eigenvalue weighted by Crippen LogP contribution is 2.29. The Labute approximate surface area is 93.8 Å². The molecule has 0 fully saturated rings. The highest BCUT2D eigenvalue weighted by Gasteiger charge is 2.05. The molecule has 0 unspecified atom stereocenters. The van der Waals surface area contributed by atoms with Gasteiger partial charge in [-0.05, 0) is 18.6 Å². The summed E-state index contributed by atoms with van der Waals surface area (Å²) in [4.78, 5) is 0. The number of aliphatic hydroxyl groups excluding tert-OH is 1. The first-order valence-electron chi connectivity index (χ1n) is 4.51. The van der Waals surface area contributed by atoms with Crippen LogP contribution in [0.3, 0.4) is 0 Å². The van der Waals surface area contributed by atoms with Crippen LogP contribution >= 0.6 is 23.2 Å². The van der Waals surface area contributed by atoms with Gasteiger partial charge in [0.25, 0.3) is 0 Å². The van der Waals surface area contributed by atoms with Crippen LogP contribution in [0.4, 0.5) is 5.69 Å². The van der Waals surface area contributed by atoms with E-state index in [0.29, 0.717) is 23.0 Å². The number of nitrogens with one attached hydrogen (secondary N) is 1.